The van der Waals surface area contributed by atoms with Crippen molar-refractivity contribution in [3.63, 3.8) is 0 Å². The lowest BCUT2D eigenvalue weighted by atomic mass is 10.1. The maximum Gasteiger partial charge on any atom is 0.288 e. The van der Waals surface area contributed by atoms with Crippen LogP contribution in [0.2, 0.25) is 5.02 Å². The van der Waals surface area contributed by atoms with Crippen LogP contribution in [0, 0.1) is 10.1 Å². The number of ether oxygens (including phenoxy) is 1. The summed E-state index contributed by atoms with van der Waals surface area (Å²) in [5, 5.41) is 13.4. The number of hydrogen-bond acceptors (Lipinski definition) is 4. The third-order valence-electron chi connectivity index (χ3n) is 3.16. The summed E-state index contributed by atoms with van der Waals surface area (Å²) in [6.07, 6.45) is 0. The first-order valence-electron chi connectivity index (χ1n) is 6.88. The van der Waals surface area contributed by atoms with Gasteiger partial charge in [0.2, 0.25) is 0 Å². The smallest absolute Gasteiger partial charge is 0.288 e. The van der Waals surface area contributed by atoms with Crippen molar-refractivity contribution in [1.82, 2.24) is 5.32 Å². The van der Waals surface area contributed by atoms with Crippen LogP contribution in [0.3, 0.4) is 0 Å². The van der Waals surface area contributed by atoms with Crippen LogP contribution in [0.1, 0.15) is 18.5 Å². The molecule has 0 aliphatic carbocycles. The first-order valence-corrected chi connectivity index (χ1v) is 7.26. The fraction of sp³-hybridized carbons (Fsp3) is 0.188. The zero-order valence-corrected chi connectivity index (χ0v) is 13.1. The molecule has 0 bridgehead atoms. The maximum atomic E-state index is 11.9. The molecule has 0 saturated carbocycles. The Labute approximate surface area is 138 Å². The summed E-state index contributed by atoms with van der Waals surface area (Å²) in [7, 11) is 0. The normalized spacial score (nSPS) is 11.6. The van der Waals surface area contributed by atoms with Gasteiger partial charge in [0.25, 0.3) is 11.6 Å². The van der Waals surface area contributed by atoms with Crippen molar-refractivity contribution in [3.05, 3.63) is 69.2 Å². The van der Waals surface area contributed by atoms with Gasteiger partial charge < -0.3 is 10.1 Å². The van der Waals surface area contributed by atoms with Crippen molar-refractivity contribution in [2.45, 2.75) is 13.0 Å². The Bertz CT molecular complexity index is 706. The zero-order chi connectivity index (χ0) is 16.8. The number of halogens is 1. The quantitative estimate of drug-likeness (QED) is 0.647. The minimum Gasteiger partial charge on any atom is -0.484 e. The Kier molecular flexibility index (Phi) is 5.54. The average Bonchev–Trinajstić information content (AvgIpc) is 2.53. The Hall–Kier alpha value is -2.60. The summed E-state index contributed by atoms with van der Waals surface area (Å²) < 4.78 is 5.30. The molecule has 0 spiro atoms. The van der Waals surface area contributed by atoms with E-state index in [4.69, 9.17) is 16.3 Å². The molecule has 0 fully saturated rings. The molecule has 0 aromatic heterocycles. The van der Waals surface area contributed by atoms with Crippen LogP contribution >= 0.6 is 11.6 Å². The highest BCUT2D eigenvalue weighted by Gasteiger charge is 2.14. The van der Waals surface area contributed by atoms with Gasteiger partial charge in [-0.05, 0) is 18.6 Å². The molecule has 0 radical (unpaired) electrons. The molecule has 2 rings (SSSR count). The molecular formula is C16H15ClN2O4. The van der Waals surface area contributed by atoms with E-state index >= 15 is 0 Å². The number of carbonyl (C=O) groups is 1. The van der Waals surface area contributed by atoms with Gasteiger partial charge in [-0.3, -0.25) is 14.9 Å². The second-order valence-electron chi connectivity index (χ2n) is 4.86. The number of benzene rings is 2. The van der Waals surface area contributed by atoms with E-state index in [0.717, 1.165) is 5.56 Å². The van der Waals surface area contributed by atoms with E-state index in [9.17, 15) is 14.9 Å². The van der Waals surface area contributed by atoms with Gasteiger partial charge in [0, 0.05) is 12.1 Å². The zero-order valence-electron chi connectivity index (χ0n) is 12.4. The van der Waals surface area contributed by atoms with E-state index in [-0.39, 0.29) is 29.3 Å². The fourth-order valence-electron chi connectivity index (χ4n) is 1.98. The summed E-state index contributed by atoms with van der Waals surface area (Å²) in [5.74, 6) is -0.000979. The van der Waals surface area contributed by atoms with Gasteiger partial charge in [-0.1, -0.05) is 41.9 Å². The second kappa shape index (κ2) is 7.60. The standard InChI is InChI=1S/C16H15ClN2O4/c1-11(12-5-3-2-4-6-12)18-16(20)10-23-13-7-8-15(19(21)22)14(17)9-13/h2-9,11H,10H2,1H3,(H,18,20). The number of rotatable bonds is 6. The third kappa shape index (κ3) is 4.69. The summed E-state index contributed by atoms with van der Waals surface area (Å²) in [5.41, 5.74) is 0.778. The molecule has 23 heavy (non-hydrogen) atoms. The molecule has 7 heteroatoms. The summed E-state index contributed by atoms with van der Waals surface area (Å²) in [4.78, 5) is 22.0. The Morgan fingerprint density at radius 1 is 1.30 bits per heavy atom. The predicted molar refractivity (Wildman–Crippen MR) is 86.6 cm³/mol. The Morgan fingerprint density at radius 2 is 2.00 bits per heavy atom. The number of amides is 1. The van der Waals surface area contributed by atoms with Crippen molar-refractivity contribution in [2.75, 3.05) is 6.61 Å². The van der Waals surface area contributed by atoms with E-state index in [0.29, 0.717) is 5.75 Å². The molecule has 2 aromatic rings. The van der Waals surface area contributed by atoms with Crippen molar-refractivity contribution < 1.29 is 14.5 Å². The van der Waals surface area contributed by atoms with Crippen LogP contribution in [0.5, 0.6) is 5.75 Å². The molecule has 1 amide bonds. The van der Waals surface area contributed by atoms with Gasteiger partial charge in [0.1, 0.15) is 10.8 Å². The van der Waals surface area contributed by atoms with Gasteiger partial charge >= 0.3 is 0 Å². The molecule has 0 aliphatic heterocycles. The van der Waals surface area contributed by atoms with Crippen molar-refractivity contribution in [2.24, 2.45) is 0 Å². The minimum atomic E-state index is -0.583. The van der Waals surface area contributed by atoms with Crippen molar-refractivity contribution in [1.29, 1.82) is 0 Å². The fourth-order valence-corrected chi connectivity index (χ4v) is 2.22. The van der Waals surface area contributed by atoms with Gasteiger partial charge in [0.15, 0.2) is 6.61 Å². The van der Waals surface area contributed by atoms with Gasteiger partial charge in [-0.15, -0.1) is 0 Å². The number of carbonyl (C=O) groups excluding carboxylic acids is 1. The highest BCUT2D eigenvalue weighted by atomic mass is 35.5. The lowest BCUT2D eigenvalue weighted by Crippen LogP contribution is -2.31. The molecule has 2 aromatic carbocycles. The first-order chi connectivity index (χ1) is 11.0. The molecule has 120 valence electrons. The highest BCUT2D eigenvalue weighted by Crippen LogP contribution is 2.28. The number of hydrogen-bond donors (Lipinski definition) is 1. The predicted octanol–water partition coefficient (Wildman–Crippen LogP) is 3.50. The Morgan fingerprint density at radius 3 is 2.61 bits per heavy atom. The van der Waals surface area contributed by atoms with Crippen LogP contribution < -0.4 is 10.1 Å². The minimum absolute atomic E-state index is 0.0365. The SMILES string of the molecule is CC(NC(=O)COc1ccc([N+](=O)[O-])c(Cl)c1)c1ccccc1. The monoisotopic (exact) mass is 334 g/mol. The molecule has 0 aliphatic rings. The topological polar surface area (TPSA) is 81.5 Å². The molecule has 6 nitrogen and oxygen atoms in total. The number of nitro benzene ring substituents is 1. The summed E-state index contributed by atoms with van der Waals surface area (Å²) >= 11 is 5.78. The molecule has 0 saturated heterocycles. The largest absolute Gasteiger partial charge is 0.484 e. The lowest BCUT2D eigenvalue weighted by molar-refractivity contribution is -0.384. The van der Waals surface area contributed by atoms with Crippen molar-refractivity contribution >= 4 is 23.2 Å². The van der Waals surface area contributed by atoms with E-state index in [1.165, 1.54) is 18.2 Å². The van der Waals surface area contributed by atoms with Crippen LogP contribution in [0.4, 0.5) is 5.69 Å². The van der Waals surface area contributed by atoms with Crippen LogP contribution in [0.25, 0.3) is 0 Å². The van der Waals surface area contributed by atoms with Gasteiger partial charge in [0.05, 0.1) is 11.0 Å². The Balaban J connectivity index is 1.89. The van der Waals surface area contributed by atoms with E-state index in [1.54, 1.807) is 0 Å². The highest BCUT2D eigenvalue weighted by molar-refractivity contribution is 6.32. The molecule has 1 N–H and O–H groups in total. The van der Waals surface area contributed by atoms with Gasteiger partial charge in [-0.2, -0.15) is 0 Å². The van der Waals surface area contributed by atoms with Crippen LogP contribution in [-0.4, -0.2) is 17.4 Å². The average molecular weight is 335 g/mol. The molecule has 0 heterocycles. The summed E-state index contributed by atoms with van der Waals surface area (Å²) in [6.45, 7) is 1.67. The molecule has 1 atom stereocenters. The van der Waals surface area contributed by atoms with E-state index in [2.05, 4.69) is 5.32 Å². The van der Waals surface area contributed by atoms with E-state index in [1.807, 2.05) is 37.3 Å². The third-order valence-corrected chi connectivity index (χ3v) is 3.47. The summed E-state index contributed by atoms with van der Waals surface area (Å²) in [6, 6.07) is 13.3. The number of nitrogens with zero attached hydrogens (tertiary/aromatic N) is 1. The van der Waals surface area contributed by atoms with Gasteiger partial charge in [-0.25, -0.2) is 0 Å². The van der Waals surface area contributed by atoms with Crippen LogP contribution in [0.15, 0.2) is 48.5 Å². The van der Waals surface area contributed by atoms with E-state index < -0.39 is 4.92 Å². The number of nitrogens with one attached hydrogen (secondary N) is 1. The molecule has 1 unspecified atom stereocenters. The molecular weight excluding hydrogens is 320 g/mol. The van der Waals surface area contributed by atoms with Crippen LogP contribution in [-0.2, 0) is 4.79 Å². The number of nitro groups is 1. The lowest BCUT2D eigenvalue weighted by Gasteiger charge is -2.14. The second-order valence-corrected chi connectivity index (χ2v) is 5.27. The van der Waals surface area contributed by atoms with Crippen molar-refractivity contribution in [3.8, 4) is 5.75 Å². The maximum absolute atomic E-state index is 11.9. The first kappa shape index (κ1) is 16.8.